The summed E-state index contributed by atoms with van der Waals surface area (Å²) in [5.41, 5.74) is 2.82. The summed E-state index contributed by atoms with van der Waals surface area (Å²) in [6.07, 6.45) is 3.72. The van der Waals surface area contributed by atoms with E-state index in [0.717, 1.165) is 23.5 Å². The summed E-state index contributed by atoms with van der Waals surface area (Å²) in [5, 5.41) is 10.2. The maximum Gasteiger partial charge on any atom is 0.165 e. The van der Waals surface area contributed by atoms with Gasteiger partial charge in [0, 0.05) is 13.1 Å². The molecule has 6 heteroatoms. The second-order valence-corrected chi connectivity index (χ2v) is 5.87. The fourth-order valence-corrected chi connectivity index (χ4v) is 3.35. The Morgan fingerprint density at radius 2 is 2.00 bits per heavy atom. The third kappa shape index (κ3) is 2.35. The summed E-state index contributed by atoms with van der Waals surface area (Å²) in [5.74, 6) is 0.799. The molecule has 1 aromatic carbocycles. The van der Waals surface area contributed by atoms with Crippen LogP contribution in [0.5, 0.6) is 0 Å². The molecule has 3 heterocycles. The Morgan fingerprint density at radius 1 is 1.17 bits per heavy atom. The fraction of sp³-hybridized carbons (Fsp3) is 0.353. The maximum absolute atomic E-state index is 10.2. The lowest BCUT2D eigenvalue weighted by molar-refractivity contribution is 0.194. The van der Waals surface area contributed by atoms with Crippen molar-refractivity contribution >= 4 is 17.0 Å². The Morgan fingerprint density at radius 3 is 2.78 bits per heavy atom. The van der Waals surface area contributed by atoms with Gasteiger partial charge in [-0.15, -0.1) is 0 Å². The highest BCUT2D eigenvalue weighted by Crippen LogP contribution is 2.37. The van der Waals surface area contributed by atoms with Gasteiger partial charge in [0.2, 0.25) is 0 Å². The summed E-state index contributed by atoms with van der Waals surface area (Å²) in [6, 6.07) is 10.4. The van der Waals surface area contributed by atoms with Crippen LogP contribution in [0, 0.1) is 0 Å². The van der Waals surface area contributed by atoms with Crippen molar-refractivity contribution in [2.24, 2.45) is 0 Å². The number of benzene rings is 1. The molecular weight excluding hydrogens is 290 g/mol. The highest BCUT2D eigenvalue weighted by atomic mass is 16.3. The molecule has 0 bridgehead atoms. The molecule has 0 aliphatic carbocycles. The molecule has 0 unspecified atom stereocenters. The highest BCUT2D eigenvalue weighted by Gasteiger charge is 2.34. The molecule has 1 saturated heterocycles. The first-order valence-electron chi connectivity index (χ1n) is 7.93. The van der Waals surface area contributed by atoms with Crippen LogP contribution in [0.25, 0.3) is 11.2 Å². The van der Waals surface area contributed by atoms with Crippen molar-refractivity contribution in [1.82, 2.24) is 19.5 Å². The first-order chi connectivity index (χ1) is 11.3. The zero-order valence-corrected chi connectivity index (χ0v) is 13.0. The van der Waals surface area contributed by atoms with Crippen molar-refractivity contribution in [2.75, 3.05) is 11.4 Å². The molecule has 0 radical (unpaired) electrons. The number of hydrogen-bond donors (Lipinski definition) is 1. The molecule has 0 amide bonds. The van der Waals surface area contributed by atoms with Crippen molar-refractivity contribution in [3.8, 4) is 0 Å². The molecule has 23 heavy (non-hydrogen) atoms. The normalized spacial score (nSPS) is 21.2. The summed E-state index contributed by atoms with van der Waals surface area (Å²) in [6.45, 7) is 3.44. The van der Waals surface area contributed by atoms with Crippen molar-refractivity contribution < 1.29 is 5.11 Å². The molecule has 118 valence electrons. The number of anilines is 1. The van der Waals surface area contributed by atoms with E-state index in [1.807, 2.05) is 22.8 Å². The van der Waals surface area contributed by atoms with Crippen molar-refractivity contribution in [2.45, 2.75) is 32.0 Å². The smallest absolute Gasteiger partial charge is 0.165 e. The van der Waals surface area contributed by atoms with Crippen LogP contribution in [-0.2, 0) is 6.54 Å². The largest absolute Gasteiger partial charge is 0.391 e. The lowest BCUT2D eigenvalue weighted by atomic mass is 10.0. The Labute approximate surface area is 134 Å². The summed E-state index contributed by atoms with van der Waals surface area (Å²) >= 11 is 0. The van der Waals surface area contributed by atoms with E-state index in [2.05, 4.69) is 38.9 Å². The van der Waals surface area contributed by atoms with Gasteiger partial charge in [-0.3, -0.25) is 0 Å². The van der Waals surface area contributed by atoms with E-state index in [0.29, 0.717) is 13.0 Å². The van der Waals surface area contributed by atoms with E-state index in [1.54, 1.807) is 12.7 Å². The van der Waals surface area contributed by atoms with E-state index >= 15 is 0 Å². The Bertz CT molecular complexity index is 816. The average Bonchev–Trinajstić information content (AvgIpc) is 3.18. The predicted octanol–water partition coefficient (Wildman–Crippen LogP) is 2.16. The minimum atomic E-state index is -0.363. The van der Waals surface area contributed by atoms with Crippen LogP contribution < -0.4 is 4.90 Å². The van der Waals surface area contributed by atoms with E-state index in [1.165, 1.54) is 5.56 Å². The lowest BCUT2D eigenvalue weighted by Gasteiger charge is -2.25. The number of nitrogens with zero attached hydrogens (tertiary/aromatic N) is 5. The number of aromatic nitrogens is 4. The van der Waals surface area contributed by atoms with E-state index in [9.17, 15) is 5.11 Å². The zero-order valence-electron chi connectivity index (χ0n) is 13.0. The minimum Gasteiger partial charge on any atom is -0.391 e. The third-order valence-electron chi connectivity index (χ3n) is 4.46. The van der Waals surface area contributed by atoms with Crippen LogP contribution in [0.1, 0.15) is 24.9 Å². The second-order valence-electron chi connectivity index (χ2n) is 5.87. The van der Waals surface area contributed by atoms with Gasteiger partial charge in [-0.05, 0) is 18.9 Å². The number of aryl methyl sites for hydroxylation is 1. The van der Waals surface area contributed by atoms with Gasteiger partial charge >= 0.3 is 0 Å². The summed E-state index contributed by atoms with van der Waals surface area (Å²) in [4.78, 5) is 15.5. The lowest BCUT2D eigenvalue weighted by Crippen LogP contribution is -2.25. The summed E-state index contributed by atoms with van der Waals surface area (Å²) < 4.78 is 2.00. The van der Waals surface area contributed by atoms with Crippen molar-refractivity contribution in [1.29, 1.82) is 0 Å². The topological polar surface area (TPSA) is 67.1 Å². The minimum absolute atomic E-state index is 0.107. The molecule has 6 nitrogen and oxygen atoms in total. The van der Waals surface area contributed by atoms with Crippen molar-refractivity contribution in [3.05, 3.63) is 48.5 Å². The molecule has 0 saturated carbocycles. The van der Waals surface area contributed by atoms with Gasteiger partial charge < -0.3 is 14.6 Å². The fourth-order valence-electron chi connectivity index (χ4n) is 3.35. The maximum atomic E-state index is 10.2. The van der Waals surface area contributed by atoms with Crippen molar-refractivity contribution in [3.63, 3.8) is 0 Å². The third-order valence-corrected chi connectivity index (χ3v) is 4.46. The van der Waals surface area contributed by atoms with E-state index in [-0.39, 0.29) is 12.1 Å². The van der Waals surface area contributed by atoms with Crippen LogP contribution >= 0.6 is 0 Å². The molecule has 1 N–H and O–H groups in total. The number of imidazole rings is 1. The van der Waals surface area contributed by atoms with E-state index < -0.39 is 0 Å². The number of hydrogen-bond acceptors (Lipinski definition) is 5. The molecule has 3 aromatic rings. The van der Waals surface area contributed by atoms with Gasteiger partial charge in [-0.25, -0.2) is 15.0 Å². The van der Waals surface area contributed by atoms with E-state index in [4.69, 9.17) is 0 Å². The first kappa shape index (κ1) is 14.1. The van der Waals surface area contributed by atoms with Gasteiger partial charge in [0.1, 0.15) is 6.33 Å². The summed E-state index contributed by atoms with van der Waals surface area (Å²) in [7, 11) is 0. The van der Waals surface area contributed by atoms with Gasteiger partial charge in [-0.2, -0.15) is 0 Å². The molecule has 0 spiro atoms. The average molecular weight is 309 g/mol. The molecule has 1 fully saturated rings. The zero-order chi connectivity index (χ0) is 15.8. The van der Waals surface area contributed by atoms with Gasteiger partial charge in [0.15, 0.2) is 17.0 Å². The quantitative estimate of drug-likeness (QED) is 0.803. The predicted molar refractivity (Wildman–Crippen MR) is 88.1 cm³/mol. The van der Waals surface area contributed by atoms with Crippen LogP contribution in [-0.4, -0.2) is 37.3 Å². The second kappa shape index (κ2) is 5.62. The number of fused-ring (bicyclic) bond motifs is 1. The molecule has 1 aliphatic rings. The Hall–Kier alpha value is -2.47. The molecule has 1 aliphatic heterocycles. The van der Waals surface area contributed by atoms with Gasteiger partial charge in [0.25, 0.3) is 0 Å². The standard InChI is InChI=1S/C17H19N5O/c1-2-21-11-20-15-16(21)18-10-19-17(15)22-9-13(23)8-14(22)12-6-4-3-5-7-12/h3-7,10-11,13-14,23H,2,8-9H2,1H3/t13-,14-/m0/s1. The molecule has 4 rings (SSSR count). The van der Waals surface area contributed by atoms with Crippen LogP contribution in [0.3, 0.4) is 0 Å². The number of β-amino-alcohol motifs (C(OH)–C–C–N with tert-alkyl or cyclic N) is 1. The first-order valence-corrected chi connectivity index (χ1v) is 7.93. The molecule has 2 atom stereocenters. The Kier molecular flexibility index (Phi) is 3.46. The SMILES string of the molecule is CCn1cnc2c(N3C[C@@H](O)C[C@H]3c3ccccc3)ncnc21. The van der Waals surface area contributed by atoms with Crippen LogP contribution in [0.4, 0.5) is 5.82 Å². The number of rotatable bonds is 3. The highest BCUT2D eigenvalue weighted by molar-refractivity contribution is 5.83. The molecule has 2 aromatic heterocycles. The van der Waals surface area contributed by atoms with Gasteiger partial charge in [-0.1, -0.05) is 30.3 Å². The van der Waals surface area contributed by atoms with Crippen LogP contribution in [0.2, 0.25) is 0 Å². The van der Waals surface area contributed by atoms with Crippen LogP contribution in [0.15, 0.2) is 43.0 Å². The monoisotopic (exact) mass is 309 g/mol. The number of aliphatic hydroxyl groups excluding tert-OH is 1. The molecular formula is C17H19N5O. The van der Waals surface area contributed by atoms with Gasteiger partial charge in [0.05, 0.1) is 18.5 Å². The Balaban J connectivity index is 1.81. The number of aliphatic hydroxyl groups is 1.